The molecule has 1 fully saturated rings. The van der Waals surface area contributed by atoms with E-state index < -0.39 is 0 Å². The van der Waals surface area contributed by atoms with Crippen LogP contribution in [0, 0.1) is 11.8 Å². The number of thiophene rings is 1. The van der Waals surface area contributed by atoms with Crippen LogP contribution in [0.15, 0.2) is 17.5 Å². The number of hydrogen-bond acceptors (Lipinski definition) is 4. The molecule has 5 nitrogen and oxygen atoms in total. The van der Waals surface area contributed by atoms with Gasteiger partial charge in [-0.2, -0.15) is 0 Å². The fraction of sp³-hybridized carbons (Fsp3) is 0.667. The molecular weight excluding hydrogens is 324 g/mol. The summed E-state index contributed by atoms with van der Waals surface area (Å²) < 4.78 is 5.14. The van der Waals surface area contributed by atoms with Crippen molar-refractivity contribution < 1.29 is 14.3 Å². The maximum absolute atomic E-state index is 12.9. The molecule has 1 aromatic rings. The summed E-state index contributed by atoms with van der Waals surface area (Å²) in [5.74, 6) is 0.524. The van der Waals surface area contributed by atoms with Gasteiger partial charge in [-0.1, -0.05) is 19.9 Å². The third kappa shape index (κ3) is 5.05. The number of piperidine rings is 1. The van der Waals surface area contributed by atoms with E-state index in [1.807, 2.05) is 27.3 Å². The van der Waals surface area contributed by atoms with E-state index in [0.29, 0.717) is 25.6 Å². The summed E-state index contributed by atoms with van der Waals surface area (Å²) in [6.07, 6.45) is 1.74. The predicted octanol–water partition coefficient (Wildman–Crippen LogP) is 2.73. The summed E-state index contributed by atoms with van der Waals surface area (Å²) in [6, 6.07) is 3.74. The molecule has 2 amide bonds. The molecule has 24 heavy (non-hydrogen) atoms. The molecule has 134 valence electrons. The second-order valence-electron chi connectivity index (χ2n) is 6.74. The van der Waals surface area contributed by atoms with Crippen LogP contribution in [0.1, 0.15) is 36.4 Å². The largest absolute Gasteiger partial charge is 0.383 e. The molecule has 6 heteroatoms. The van der Waals surface area contributed by atoms with Gasteiger partial charge in [-0.15, -0.1) is 11.3 Å². The fourth-order valence-electron chi connectivity index (χ4n) is 3.11. The van der Waals surface area contributed by atoms with E-state index in [-0.39, 0.29) is 17.7 Å². The maximum atomic E-state index is 12.9. The van der Waals surface area contributed by atoms with Crippen LogP contribution in [0.5, 0.6) is 0 Å². The maximum Gasteiger partial charge on any atom is 0.263 e. The van der Waals surface area contributed by atoms with Gasteiger partial charge < -0.3 is 14.5 Å². The van der Waals surface area contributed by atoms with Gasteiger partial charge in [0.15, 0.2) is 0 Å². The molecule has 2 heterocycles. The average molecular weight is 352 g/mol. The first-order valence-corrected chi connectivity index (χ1v) is 9.51. The lowest BCUT2D eigenvalue weighted by Crippen LogP contribution is -2.48. The molecule has 0 N–H and O–H groups in total. The third-order valence-electron chi connectivity index (χ3n) is 4.25. The molecule has 0 radical (unpaired) electrons. The van der Waals surface area contributed by atoms with Crippen LogP contribution in [0.25, 0.3) is 0 Å². The highest BCUT2D eigenvalue weighted by atomic mass is 32.1. The minimum Gasteiger partial charge on any atom is -0.383 e. The molecule has 1 saturated heterocycles. The molecular formula is C18H28N2O3S. The second kappa shape index (κ2) is 9.18. The summed E-state index contributed by atoms with van der Waals surface area (Å²) in [5.41, 5.74) is 0. The van der Waals surface area contributed by atoms with Crippen LogP contribution >= 0.6 is 11.3 Å². The zero-order valence-electron chi connectivity index (χ0n) is 14.9. The zero-order valence-corrected chi connectivity index (χ0v) is 15.7. The molecule has 0 aromatic carbocycles. The van der Waals surface area contributed by atoms with Crippen LogP contribution in [0.4, 0.5) is 0 Å². The molecule has 1 aliphatic rings. The molecule has 0 aliphatic carbocycles. The van der Waals surface area contributed by atoms with Crippen LogP contribution < -0.4 is 0 Å². The van der Waals surface area contributed by atoms with Gasteiger partial charge in [-0.25, -0.2) is 0 Å². The lowest BCUT2D eigenvalue weighted by Gasteiger charge is -2.35. The molecule has 1 unspecified atom stereocenters. The first kappa shape index (κ1) is 18.9. The molecule has 0 spiro atoms. The van der Waals surface area contributed by atoms with Gasteiger partial charge in [0.1, 0.15) is 0 Å². The van der Waals surface area contributed by atoms with E-state index in [4.69, 9.17) is 4.74 Å². The van der Waals surface area contributed by atoms with E-state index in [2.05, 4.69) is 13.8 Å². The highest BCUT2D eigenvalue weighted by Gasteiger charge is 2.31. The standard InChI is InChI=1S/C18H28N2O3S/c1-14(2)12-20(9-10-23-3)17(21)15-6-4-8-19(13-15)18(22)16-7-5-11-24-16/h5,7,11,14-15H,4,6,8-10,12-13H2,1-3H3. The van der Waals surface area contributed by atoms with Crippen LogP contribution in [0.2, 0.25) is 0 Å². The van der Waals surface area contributed by atoms with Crippen molar-refractivity contribution in [2.24, 2.45) is 11.8 Å². The fourth-order valence-corrected chi connectivity index (χ4v) is 3.80. The van der Waals surface area contributed by atoms with Gasteiger partial charge in [-0.05, 0) is 30.2 Å². The first-order valence-electron chi connectivity index (χ1n) is 8.63. The van der Waals surface area contributed by atoms with Crippen LogP contribution in [-0.4, -0.2) is 61.5 Å². The second-order valence-corrected chi connectivity index (χ2v) is 7.69. The summed E-state index contributed by atoms with van der Waals surface area (Å²) >= 11 is 1.46. The van der Waals surface area contributed by atoms with E-state index in [9.17, 15) is 9.59 Å². The summed E-state index contributed by atoms with van der Waals surface area (Å²) in [7, 11) is 1.65. The van der Waals surface area contributed by atoms with Crippen LogP contribution in [-0.2, 0) is 9.53 Å². The number of ether oxygens (including phenoxy) is 1. The Morgan fingerprint density at radius 1 is 1.46 bits per heavy atom. The number of carbonyl (C=O) groups excluding carboxylic acids is 2. The minimum absolute atomic E-state index is 0.0507. The van der Waals surface area contributed by atoms with Gasteiger partial charge in [-0.3, -0.25) is 9.59 Å². The van der Waals surface area contributed by atoms with Gasteiger partial charge in [0.2, 0.25) is 5.91 Å². The molecule has 1 aliphatic heterocycles. The van der Waals surface area contributed by atoms with Crippen LogP contribution in [0.3, 0.4) is 0 Å². The molecule has 2 rings (SSSR count). The van der Waals surface area contributed by atoms with E-state index >= 15 is 0 Å². The number of hydrogen-bond donors (Lipinski definition) is 0. The van der Waals surface area contributed by atoms with E-state index in [0.717, 1.165) is 30.8 Å². The van der Waals surface area contributed by atoms with Crippen molar-refractivity contribution >= 4 is 23.2 Å². The Balaban J connectivity index is 2.00. The number of carbonyl (C=O) groups is 2. The monoisotopic (exact) mass is 352 g/mol. The Morgan fingerprint density at radius 3 is 2.88 bits per heavy atom. The first-order chi connectivity index (χ1) is 11.5. The van der Waals surface area contributed by atoms with Gasteiger partial charge in [0.25, 0.3) is 5.91 Å². The zero-order chi connectivity index (χ0) is 17.5. The van der Waals surface area contributed by atoms with Gasteiger partial charge in [0.05, 0.1) is 17.4 Å². The van der Waals surface area contributed by atoms with Gasteiger partial charge >= 0.3 is 0 Å². The SMILES string of the molecule is COCCN(CC(C)C)C(=O)C1CCCN(C(=O)c2cccs2)C1. The summed E-state index contributed by atoms with van der Waals surface area (Å²) in [5, 5.41) is 1.91. The lowest BCUT2D eigenvalue weighted by molar-refractivity contribution is -0.138. The third-order valence-corrected chi connectivity index (χ3v) is 5.11. The van der Waals surface area contributed by atoms with Crippen molar-refractivity contribution in [2.45, 2.75) is 26.7 Å². The van der Waals surface area contributed by atoms with Crippen molar-refractivity contribution in [1.29, 1.82) is 0 Å². The number of amides is 2. The number of rotatable bonds is 7. The average Bonchev–Trinajstić information content (AvgIpc) is 3.11. The molecule has 0 bridgehead atoms. The molecule has 1 aromatic heterocycles. The summed E-state index contributed by atoms with van der Waals surface area (Å²) in [6.45, 7) is 7.38. The highest BCUT2D eigenvalue weighted by molar-refractivity contribution is 7.12. The predicted molar refractivity (Wildman–Crippen MR) is 96.2 cm³/mol. The lowest BCUT2D eigenvalue weighted by atomic mass is 9.96. The van der Waals surface area contributed by atoms with Crippen molar-refractivity contribution in [3.05, 3.63) is 22.4 Å². The highest BCUT2D eigenvalue weighted by Crippen LogP contribution is 2.22. The normalized spacial score (nSPS) is 18.0. The van der Waals surface area contributed by atoms with E-state index in [1.54, 1.807) is 7.11 Å². The Hall–Kier alpha value is -1.40. The van der Waals surface area contributed by atoms with E-state index in [1.165, 1.54) is 11.3 Å². The number of nitrogens with zero attached hydrogens (tertiary/aromatic N) is 2. The van der Waals surface area contributed by atoms with Crippen molar-refractivity contribution in [1.82, 2.24) is 9.80 Å². The smallest absolute Gasteiger partial charge is 0.263 e. The summed E-state index contributed by atoms with van der Waals surface area (Å²) in [4.78, 5) is 30.0. The minimum atomic E-state index is -0.0988. The quantitative estimate of drug-likeness (QED) is 0.758. The number of likely N-dealkylation sites (tertiary alicyclic amines) is 1. The van der Waals surface area contributed by atoms with Gasteiger partial charge in [0, 0.05) is 33.3 Å². The van der Waals surface area contributed by atoms with Crippen molar-refractivity contribution in [3.8, 4) is 0 Å². The Morgan fingerprint density at radius 2 is 2.25 bits per heavy atom. The number of methoxy groups -OCH3 is 1. The topological polar surface area (TPSA) is 49.9 Å². The Kier molecular flexibility index (Phi) is 7.24. The molecule has 1 atom stereocenters. The van der Waals surface area contributed by atoms with Crippen molar-refractivity contribution in [3.63, 3.8) is 0 Å². The Bertz CT molecular complexity index is 530. The Labute approximate surface area is 148 Å². The molecule has 0 saturated carbocycles. The van der Waals surface area contributed by atoms with Crippen molar-refractivity contribution in [2.75, 3.05) is 39.9 Å².